The van der Waals surface area contributed by atoms with E-state index >= 15 is 0 Å². The van der Waals surface area contributed by atoms with Gasteiger partial charge in [0, 0.05) is 10.6 Å². The third-order valence-electron chi connectivity index (χ3n) is 1.53. The lowest BCUT2D eigenvalue weighted by Gasteiger charge is -1.96. The van der Waals surface area contributed by atoms with E-state index in [0.29, 0.717) is 10.6 Å². The van der Waals surface area contributed by atoms with Crippen LogP contribution in [0.15, 0.2) is 35.9 Å². The topological polar surface area (TPSA) is 17.1 Å². The molecular weight excluding hydrogens is 184 g/mol. The molecular formula is C11H11ClO. The van der Waals surface area contributed by atoms with Crippen LogP contribution in [-0.4, -0.2) is 5.78 Å². The van der Waals surface area contributed by atoms with E-state index in [1.807, 2.05) is 13.8 Å². The summed E-state index contributed by atoms with van der Waals surface area (Å²) in [5.74, 6) is 0.00231. The number of hydrogen-bond acceptors (Lipinski definition) is 1. The largest absolute Gasteiger partial charge is 0.289 e. The van der Waals surface area contributed by atoms with Gasteiger partial charge in [-0.1, -0.05) is 29.3 Å². The molecule has 0 aliphatic heterocycles. The van der Waals surface area contributed by atoms with Gasteiger partial charge in [0.05, 0.1) is 0 Å². The van der Waals surface area contributed by atoms with Crippen molar-refractivity contribution in [1.82, 2.24) is 0 Å². The summed E-state index contributed by atoms with van der Waals surface area (Å²) in [7, 11) is 0. The first kappa shape index (κ1) is 10.0. The third kappa shape index (κ3) is 3.03. The van der Waals surface area contributed by atoms with Gasteiger partial charge in [0.1, 0.15) is 0 Å². The van der Waals surface area contributed by atoms with Gasteiger partial charge >= 0.3 is 0 Å². The van der Waals surface area contributed by atoms with Gasteiger partial charge in [-0.2, -0.15) is 0 Å². The zero-order valence-electron chi connectivity index (χ0n) is 7.67. The second kappa shape index (κ2) is 4.24. The van der Waals surface area contributed by atoms with Crippen LogP contribution in [0.2, 0.25) is 5.02 Å². The Labute approximate surface area is 83.0 Å². The van der Waals surface area contributed by atoms with Crippen LogP contribution in [0, 0.1) is 0 Å². The van der Waals surface area contributed by atoms with E-state index in [0.717, 1.165) is 5.57 Å². The van der Waals surface area contributed by atoms with Crippen molar-refractivity contribution in [2.75, 3.05) is 0 Å². The van der Waals surface area contributed by atoms with Crippen molar-refractivity contribution in [2.45, 2.75) is 13.8 Å². The van der Waals surface area contributed by atoms with Gasteiger partial charge in [-0.15, -0.1) is 0 Å². The average molecular weight is 195 g/mol. The highest BCUT2D eigenvalue weighted by atomic mass is 35.5. The summed E-state index contributed by atoms with van der Waals surface area (Å²) in [5, 5.41) is 0.591. The average Bonchev–Trinajstić information content (AvgIpc) is 2.03. The van der Waals surface area contributed by atoms with E-state index < -0.39 is 0 Å². The van der Waals surface area contributed by atoms with E-state index in [4.69, 9.17) is 11.6 Å². The number of carbonyl (C=O) groups is 1. The van der Waals surface area contributed by atoms with E-state index in [-0.39, 0.29) is 5.78 Å². The van der Waals surface area contributed by atoms with Crippen molar-refractivity contribution >= 4 is 17.4 Å². The van der Waals surface area contributed by atoms with Gasteiger partial charge in [0.25, 0.3) is 0 Å². The molecule has 1 aromatic carbocycles. The fraction of sp³-hybridized carbons (Fsp3) is 0.182. The molecule has 68 valence electrons. The van der Waals surface area contributed by atoms with Crippen LogP contribution in [0.4, 0.5) is 0 Å². The number of allylic oxidation sites excluding steroid dienone is 2. The molecule has 0 atom stereocenters. The van der Waals surface area contributed by atoms with Gasteiger partial charge in [-0.3, -0.25) is 4.79 Å². The summed E-state index contributed by atoms with van der Waals surface area (Å²) >= 11 is 5.75. The predicted octanol–water partition coefficient (Wildman–Crippen LogP) is 3.49. The second-order valence-electron chi connectivity index (χ2n) is 3.10. The molecule has 0 saturated heterocycles. The normalized spacial score (nSPS) is 9.46. The number of ketones is 1. The van der Waals surface area contributed by atoms with Crippen LogP contribution in [0.3, 0.4) is 0 Å². The summed E-state index contributed by atoms with van der Waals surface area (Å²) in [5.41, 5.74) is 1.62. The Kier molecular flexibility index (Phi) is 3.26. The predicted molar refractivity (Wildman–Crippen MR) is 55.2 cm³/mol. The van der Waals surface area contributed by atoms with Gasteiger partial charge in [-0.25, -0.2) is 0 Å². The SMILES string of the molecule is CC(C)=CC(=O)c1cccc(Cl)c1. The van der Waals surface area contributed by atoms with Gasteiger partial charge < -0.3 is 0 Å². The number of rotatable bonds is 2. The lowest BCUT2D eigenvalue weighted by Crippen LogP contribution is -1.94. The molecule has 13 heavy (non-hydrogen) atoms. The molecule has 0 amide bonds. The smallest absolute Gasteiger partial charge is 0.185 e. The summed E-state index contributed by atoms with van der Waals surface area (Å²) in [4.78, 5) is 11.5. The molecule has 0 unspecified atom stereocenters. The minimum Gasteiger partial charge on any atom is -0.289 e. The molecule has 1 aromatic rings. The summed E-state index contributed by atoms with van der Waals surface area (Å²) in [6, 6.07) is 6.95. The standard InChI is InChI=1S/C11H11ClO/c1-8(2)6-11(13)9-4-3-5-10(12)7-9/h3-7H,1-2H3. The molecule has 1 nitrogen and oxygen atoms in total. The molecule has 1 rings (SSSR count). The first-order valence-electron chi connectivity index (χ1n) is 4.04. The van der Waals surface area contributed by atoms with Crippen molar-refractivity contribution in [3.8, 4) is 0 Å². The minimum absolute atomic E-state index is 0.00231. The summed E-state index contributed by atoms with van der Waals surface area (Å²) in [6.45, 7) is 3.78. The van der Waals surface area contributed by atoms with Gasteiger partial charge in [0.15, 0.2) is 5.78 Å². The number of hydrogen-bond donors (Lipinski definition) is 0. The maximum absolute atomic E-state index is 11.5. The maximum atomic E-state index is 11.5. The zero-order valence-corrected chi connectivity index (χ0v) is 8.43. The monoisotopic (exact) mass is 194 g/mol. The van der Waals surface area contributed by atoms with Crippen LogP contribution in [-0.2, 0) is 0 Å². The Bertz CT molecular complexity index is 349. The van der Waals surface area contributed by atoms with Crippen molar-refractivity contribution < 1.29 is 4.79 Å². The maximum Gasteiger partial charge on any atom is 0.185 e. The van der Waals surface area contributed by atoms with E-state index in [9.17, 15) is 4.79 Å². The molecule has 0 spiro atoms. The molecule has 0 heterocycles. The van der Waals surface area contributed by atoms with Crippen LogP contribution >= 0.6 is 11.6 Å². The fourth-order valence-corrected chi connectivity index (χ4v) is 1.18. The number of halogens is 1. The highest BCUT2D eigenvalue weighted by molar-refractivity contribution is 6.31. The van der Waals surface area contributed by atoms with Crippen molar-refractivity contribution in [2.24, 2.45) is 0 Å². The first-order chi connectivity index (χ1) is 6.09. The Morgan fingerprint density at radius 1 is 1.38 bits per heavy atom. The molecule has 0 N–H and O–H groups in total. The molecule has 2 heteroatoms. The van der Waals surface area contributed by atoms with Gasteiger partial charge in [0.2, 0.25) is 0 Å². The minimum atomic E-state index is 0.00231. The highest BCUT2D eigenvalue weighted by Gasteiger charge is 2.01. The summed E-state index contributed by atoms with van der Waals surface area (Å²) in [6.07, 6.45) is 1.60. The molecule has 0 saturated carbocycles. The van der Waals surface area contributed by atoms with Crippen LogP contribution in [0.5, 0.6) is 0 Å². The molecule has 0 bridgehead atoms. The molecule has 0 aliphatic rings. The van der Waals surface area contributed by atoms with Crippen LogP contribution in [0.1, 0.15) is 24.2 Å². The first-order valence-corrected chi connectivity index (χ1v) is 4.42. The van der Waals surface area contributed by atoms with Crippen LogP contribution < -0.4 is 0 Å². The molecule has 0 fully saturated rings. The van der Waals surface area contributed by atoms with E-state index in [1.165, 1.54) is 0 Å². The number of benzene rings is 1. The fourth-order valence-electron chi connectivity index (χ4n) is 0.987. The van der Waals surface area contributed by atoms with Crippen LogP contribution in [0.25, 0.3) is 0 Å². The lowest BCUT2D eigenvalue weighted by molar-refractivity contribution is 0.104. The Balaban J connectivity index is 2.96. The van der Waals surface area contributed by atoms with Crippen molar-refractivity contribution in [3.05, 3.63) is 46.5 Å². The third-order valence-corrected chi connectivity index (χ3v) is 1.76. The molecule has 0 aromatic heterocycles. The van der Waals surface area contributed by atoms with E-state index in [1.54, 1.807) is 30.3 Å². The Morgan fingerprint density at radius 2 is 2.08 bits per heavy atom. The lowest BCUT2D eigenvalue weighted by atomic mass is 10.1. The zero-order chi connectivity index (χ0) is 9.84. The quantitative estimate of drug-likeness (QED) is 0.520. The Hall–Kier alpha value is -1.08. The van der Waals surface area contributed by atoms with E-state index in [2.05, 4.69) is 0 Å². The van der Waals surface area contributed by atoms with Crippen molar-refractivity contribution in [1.29, 1.82) is 0 Å². The Morgan fingerprint density at radius 3 is 2.62 bits per heavy atom. The summed E-state index contributed by atoms with van der Waals surface area (Å²) < 4.78 is 0. The highest BCUT2D eigenvalue weighted by Crippen LogP contribution is 2.11. The number of carbonyl (C=O) groups excluding carboxylic acids is 1. The van der Waals surface area contributed by atoms with Crippen molar-refractivity contribution in [3.63, 3.8) is 0 Å². The van der Waals surface area contributed by atoms with Gasteiger partial charge in [-0.05, 0) is 32.1 Å². The second-order valence-corrected chi connectivity index (χ2v) is 3.53. The molecule has 0 aliphatic carbocycles. The molecule has 0 radical (unpaired) electrons.